The van der Waals surface area contributed by atoms with Crippen LogP contribution in [0.25, 0.3) is 0 Å². The summed E-state index contributed by atoms with van der Waals surface area (Å²) < 4.78 is 0. The van der Waals surface area contributed by atoms with Crippen LogP contribution < -0.4 is 5.73 Å². The van der Waals surface area contributed by atoms with E-state index < -0.39 is 12.1 Å². The van der Waals surface area contributed by atoms with Crippen molar-refractivity contribution in [1.82, 2.24) is 0 Å². The van der Waals surface area contributed by atoms with Crippen LogP contribution in [0.4, 0.5) is 5.69 Å². The molecule has 0 saturated heterocycles. The highest BCUT2D eigenvalue weighted by molar-refractivity contribution is 7.99. The first kappa shape index (κ1) is 13.2. The highest BCUT2D eigenvalue weighted by atomic mass is 35.5. The molecule has 16 heavy (non-hydrogen) atoms. The number of benzene rings is 1. The predicted molar refractivity (Wildman–Crippen MR) is 64.8 cm³/mol. The lowest BCUT2D eigenvalue weighted by Crippen LogP contribution is -2.15. The quantitative estimate of drug-likeness (QED) is 0.557. The maximum absolute atomic E-state index is 10.3. The van der Waals surface area contributed by atoms with Crippen LogP contribution in [0.2, 0.25) is 5.02 Å². The van der Waals surface area contributed by atoms with Crippen LogP contribution >= 0.6 is 23.4 Å². The van der Waals surface area contributed by atoms with Gasteiger partial charge in [-0.25, -0.2) is 0 Å². The molecule has 0 aromatic heterocycles. The van der Waals surface area contributed by atoms with E-state index in [1.165, 1.54) is 11.8 Å². The number of nitrogen functional groups attached to an aromatic ring is 1. The molecule has 1 rings (SSSR count). The van der Waals surface area contributed by atoms with Crippen molar-refractivity contribution in [1.29, 1.82) is 0 Å². The summed E-state index contributed by atoms with van der Waals surface area (Å²) in [5, 5.41) is 18.3. The second kappa shape index (κ2) is 5.98. The minimum absolute atomic E-state index is 0.254. The Kier molecular flexibility index (Phi) is 4.92. The summed E-state index contributed by atoms with van der Waals surface area (Å²) in [5.41, 5.74) is 6.04. The van der Waals surface area contributed by atoms with Gasteiger partial charge in [0.15, 0.2) is 0 Å². The van der Waals surface area contributed by atoms with Gasteiger partial charge in [0.2, 0.25) is 0 Å². The fourth-order valence-corrected chi connectivity index (χ4v) is 2.16. The maximum Gasteiger partial charge on any atom is 0.306 e. The number of carbonyl (C=O) groups is 1. The molecule has 4 N–H and O–H groups in total. The van der Waals surface area contributed by atoms with Crippen LogP contribution in [0.5, 0.6) is 0 Å². The van der Waals surface area contributed by atoms with Crippen LogP contribution in [-0.4, -0.2) is 28.0 Å². The van der Waals surface area contributed by atoms with E-state index in [4.69, 9.17) is 22.4 Å². The molecule has 4 nitrogen and oxygen atoms in total. The first-order chi connectivity index (χ1) is 7.49. The molecule has 6 heteroatoms. The molecule has 0 aliphatic heterocycles. The second-order valence-electron chi connectivity index (χ2n) is 3.25. The van der Waals surface area contributed by atoms with Crippen LogP contribution in [-0.2, 0) is 4.79 Å². The van der Waals surface area contributed by atoms with Crippen molar-refractivity contribution in [2.45, 2.75) is 17.4 Å². The first-order valence-corrected chi connectivity index (χ1v) is 5.93. The Morgan fingerprint density at radius 1 is 1.56 bits per heavy atom. The molecule has 88 valence electrons. The zero-order chi connectivity index (χ0) is 12.1. The second-order valence-corrected chi connectivity index (χ2v) is 4.75. The van der Waals surface area contributed by atoms with Crippen LogP contribution in [0.15, 0.2) is 23.1 Å². The van der Waals surface area contributed by atoms with E-state index in [0.717, 1.165) is 4.90 Å². The predicted octanol–water partition coefficient (Wildman–Crippen LogP) is 1.85. The van der Waals surface area contributed by atoms with Gasteiger partial charge >= 0.3 is 5.97 Å². The van der Waals surface area contributed by atoms with E-state index in [1.54, 1.807) is 18.2 Å². The summed E-state index contributed by atoms with van der Waals surface area (Å²) in [7, 11) is 0. The third-order valence-electron chi connectivity index (χ3n) is 1.82. The topological polar surface area (TPSA) is 83.5 Å². The number of hydrogen-bond acceptors (Lipinski definition) is 4. The molecular weight excluding hydrogens is 250 g/mol. The van der Waals surface area contributed by atoms with Gasteiger partial charge in [-0.2, -0.15) is 0 Å². The molecule has 1 unspecified atom stereocenters. The molecular formula is C10H12ClNO3S. The van der Waals surface area contributed by atoms with Crippen molar-refractivity contribution in [3.05, 3.63) is 23.2 Å². The number of aliphatic hydroxyl groups excluding tert-OH is 1. The molecule has 0 heterocycles. The van der Waals surface area contributed by atoms with E-state index in [0.29, 0.717) is 16.5 Å². The number of nitrogens with two attached hydrogens (primary N) is 1. The summed E-state index contributed by atoms with van der Waals surface area (Å²) >= 11 is 7.16. The molecule has 0 saturated carbocycles. The minimum atomic E-state index is -1.01. The number of aliphatic hydroxyl groups is 1. The Hall–Kier alpha value is -0.910. The highest BCUT2D eigenvalue weighted by Crippen LogP contribution is 2.26. The zero-order valence-electron chi connectivity index (χ0n) is 8.39. The number of hydrogen-bond donors (Lipinski definition) is 3. The molecule has 0 spiro atoms. The lowest BCUT2D eigenvalue weighted by molar-refractivity contribution is -0.138. The zero-order valence-corrected chi connectivity index (χ0v) is 9.96. The number of carboxylic acid groups (broad SMARTS) is 1. The Morgan fingerprint density at radius 2 is 2.25 bits per heavy atom. The van der Waals surface area contributed by atoms with E-state index in [2.05, 4.69) is 0 Å². The van der Waals surface area contributed by atoms with E-state index in [9.17, 15) is 9.90 Å². The van der Waals surface area contributed by atoms with Crippen LogP contribution in [0, 0.1) is 0 Å². The molecule has 0 fully saturated rings. The van der Waals surface area contributed by atoms with Crippen molar-refractivity contribution < 1.29 is 15.0 Å². The smallest absolute Gasteiger partial charge is 0.306 e. The Balaban J connectivity index is 2.48. The van der Waals surface area contributed by atoms with Gasteiger partial charge in [-0.1, -0.05) is 11.6 Å². The molecule has 0 aliphatic rings. The summed E-state index contributed by atoms with van der Waals surface area (Å²) in [5.74, 6) is -0.699. The minimum Gasteiger partial charge on any atom is -0.481 e. The van der Waals surface area contributed by atoms with Gasteiger partial charge in [-0.15, -0.1) is 11.8 Å². The van der Waals surface area contributed by atoms with E-state index >= 15 is 0 Å². The normalized spacial score (nSPS) is 12.4. The van der Waals surface area contributed by atoms with Gasteiger partial charge in [0.25, 0.3) is 0 Å². The van der Waals surface area contributed by atoms with Gasteiger partial charge in [0.05, 0.1) is 23.2 Å². The highest BCUT2D eigenvalue weighted by Gasteiger charge is 2.10. The van der Waals surface area contributed by atoms with Crippen molar-refractivity contribution >= 4 is 35.0 Å². The molecule has 1 atom stereocenters. The van der Waals surface area contributed by atoms with Gasteiger partial charge in [-0.05, 0) is 18.2 Å². The number of anilines is 1. The number of carboxylic acids is 1. The van der Waals surface area contributed by atoms with Gasteiger partial charge in [0.1, 0.15) is 0 Å². The third-order valence-corrected chi connectivity index (χ3v) is 3.29. The summed E-state index contributed by atoms with van der Waals surface area (Å²) in [6.07, 6.45) is -1.12. The van der Waals surface area contributed by atoms with E-state index in [-0.39, 0.29) is 6.42 Å². The summed E-state index contributed by atoms with van der Waals surface area (Å²) in [4.78, 5) is 11.2. The third kappa shape index (κ3) is 4.30. The summed E-state index contributed by atoms with van der Waals surface area (Å²) in [6.45, 7) is 0. The largest absolute Gasteiger partial charge is 0.481 e. The molecule has 0 radical (unpaired) electrons. The molecule has 0 amide bonds. The van der Waals surface area contributed by atoms with Crippen molar-refractivity contribution in [3.8, 4) is 0 Å². The number of halogens is 1. The van der Waals surface area contributed by atoms with E-state index in [1.807, 2.05) is 0 Å². The average molecular weight is 262 g/mol. The Bertz CT molecular complexity index is 386. The number of rotatable bonds is 5. The first-order valence-electron chi connectivity index (χ1n) is 4.56. The molecule has 0 aliphatic carbocycles. The summed E-state index contributed by atoms with van der Waals surface area (Å²) in [6, 6.07) is 5.14. The SMILES string of the molecule is Nc1ccc(SCC(O)CC(=O)O)cc1Cl. The van der Waals surface area contributed by atoms with Gasteiger partial charge < -0.3 is 15.9 Å². The molecule has 1 aromatic rings. The molecule has 0 bridgehead atoms. The number of aliphatic carboxylic acids is 1. The molecule has 1 aromatic carbocycles. The van der Waals surface area contributed by atoms with Crippen molar-refractivity contribution in [3.63, 3.8) is 0 Å². The lowest BCUT2D eigenvalue weighted by Gasteiger charge is -2.08. The lowest BCUT2D eigenvalue weighted by atomic mass is 10.3. The Labute approximate surface area is 102 Å². The van der Waals surface area contributed by atoms with Gasteiger partial charge in [-0.3, -0.25) is 4.79 Å². The van der Waals surface area contributed by atoms with Crippen LogP contribution in [0.3, 0.4) is 0 Å². The Morgan fingerprint density at radius 3 is 2.81 bits per heavy atom. The average Bonchev–Trinajstić information content (AvgIpc) is 2.19. The van der Waals surface area contributed by atoms with Crippen LogP contribution in [0.1, 0.15) is 6.42 Å². The number of thioether (sulfide) groups is 1. The standard InChI is InChI=1S/C10H12ClNO3S/c11-8-4-7(1-2-9(8)12)16-5-6(13)3-10(14)15/h1-2,4,6,13H,3,5,12H2,(H,14,15). The van der Waals surface area contributed by atoms with Crippen molar-refractivity contribution in [2.24, 2.45) is 0 Å². The van der Waals surface area contributed by atoms with Gasteiger partial charge in [0, 0.05) is 10.6 Å². The fourth-order valence-electron chi connectivity index (χ4n) is 1.05. The maximum atomic E-state index is 10.3. The monoisotopic (exact) mass is 261 g/mol. The van der Waals surface area contributed by atoms with Crippen molar-refractivity contribution in [2.75, 3.05) is 11.5 Å². The fraction of sp³-hybridized carbons (Fsp3) is 0.300.